The van der Waals surface area contributed by atoms with Crippen LogP contribution in [0.4, 0.5) is 13.2 Å². The van der Waals surface area contributed by atoms with Gasteiger partial charge in [0.2, 0.25) is 0 Å². The van der Waals surface area contributed by atoms with Crippen LogP contribution >= 0.6 is 12.4 Å². The van der Waals surface area contributed by atoms with Crippen LogP contribution in [0.15, 0.2) is 48.5 Å². The number of nitrogens with one attached hydrogen (secondary N) is 2. The lowest BCUT2D eigenvalue weighted by atomic mass is 9.96. The Morgan fingerprint density at radius 1 is 0.964 bits per heavy atom. The summed E-state index contributed by atoms with van der Waals surface area (Å²) in [7, 11) is 0. The number of carbonyl (C=O) groups excluding carboxylic acids is 1. The van der Waals surface area contributed by atoms with Gasteiger partial charge in [-0.2, -0.15) is 13.2 Å². The van der Waals surface area contributed by atoms with Crippen LogP contribution in [0.1, 0.15) is 41.6 Å². The first kappa shape index (κ1) is 20.7. The normalized spacial score (nSPS) is 23.8. The summed E-state index contributed by atoms with van der Waals surface area (Å²) < 4.78 is 38.4. The van der Waals surface area contributed by atoms with Gasteiger partial charge in [0.1, 0.15) is 0 Å². The standard InChI is InChI=1S/C21H21F3N2O.ClH/c22-21(23,24)14-7-5-13(6-8-14)18-3-1-2-4-19(18)20(27)26-17-11-15-9-10-16(12-17)25-15;/h1-8,15-17,25H,9-12H2,(H,26,27);1H. The SMILES string of the molecule is Cl.O=C(NC1CC2CCC(C1)N2)c1ccccc1-c1ccc(C(F)(F)F)cc1. The number of hydrogen-bond donors (Lipinski definition) is 2. The molecular weight excluding hydrogens is 389 g/mol. The molecule has 2 aromatic carbocycles. The molecule has 2 aliphatic rings. The highest BCUT2D eigenvalue weighted by molar-refractivity contribution is 6.01. The van der Waals surface area contributed by atoms with Crippen molar-refractivity contribution < 1.29 is 18.0 Å². The van der Waals surface area contributed by atoms with Gasteiger partial charge in [0.25, 0.3) is 5.91 Å². The van der Waals surface area contributed by atoms with Gasteiger partial charge in [-0.1, -0.05) is 30.3 Å². The van der Waals surface area contributed by atoms with E-state index in [0.717, 1.165) is 37.8 Å². The average molecular weight is 411 g/mol. The number of rotatable bonds is 3. The Labute approximate surface area is 168 Å². The molecule has 0 aromatic heterocycles. The smallest absolute Gasteiger partial charge is 0.349 e. The van der Waals surface area contributed by atoms with Crippen molar-refractivity contribution in [3.8, 4) is 11.1 Å². The van der Waals surface area contributed by atoms with E-state index in [2.05, 4.69) is 10.6 Å². The molecule has 2 heterocycles. The van der Waals surface area contributed by atoms with Gasteiger partial charge in [-0.25, -0.2) is 0 Å². The van der Waals surface area contributed by atoms with Gasteiger partial charge < -0.3 is 10.6 Å². The first-order valence-electron chi connectivity index (χ1n) is 9.24. The summed E-state index contributed by atoms with van der Waals surface area (Å²) in [5.74, 6) is -0.170. The van der Waals surface area contributed by atoms with E-state index in [-0.39, 0.29) is 24.4 Å². The molecule has 4 rings (SSSR count). The molecule has 0 saturated carbocycles. The fourth-order valence-electron chi connectivity index (χ4n) is 4.21. The molecule has 2 saturated heterocycles. The summed E-state index contributed by atoms with van der Waals surface area (Å²) in [5.41, 5.74) is 1.03. The molecule has 2 unspecified atom stereocenters. The molecule has 2 atom stereocenters. The summed E-state index contributed by atoms with van der Waals surface area (Å²) in [6.07, 6.45) is -0.225. The van der Waals surface area contributed by atoms with Gasteiger partial charge in [-0.05, 0) is 55.0 Å². The zero-order chi connectivity index (χ0) is 19.0. The minimum Gasteiger partial charge on any atom is -0.349 e. The number of carbonyl (C=O) groups is 1. The molecule has 2 N–H and O–H groups in total. The highest BCUT2D eigenvalue weighted by Crippen LogP contribution is 2.32. The molecule has 1 amide bonds. The predicted molar refractivity (Wildman–Crippen MR) is 105 cm³/mol. The van der Waals surface area contributed by atoms with Gasteiger partial charge in [0.15, 0.2) is 0 Å². The third kappa shape index (κ3) is 4.33. The maximum Gasteiger partial charge on any atom is 0.416 e. The van der Waals surface area contributed by atoms with Gasteiger partial charge >= 0.3 is 6.18 Å². The molecule has 2 aliphatic heterocycles. The van der Waals surface area contributed by atoms with Gasteiger partial charge in [0, 0.05) is 23.7 Å². The number of benzene rings is 2. The Bertz CT molecular complexity index is 826. The van der Waals surface area contributed by atoms with Crippen LogP contribution in [0.3, 0.4) is 0 Å². The van der Waals surface area contributed by atoms with Crippen LogP contribution in [0.2, 0.25) is 0 Å². The Hall–Kier alpha value is -2.05. The van der Waals surface area contributed by atoms with E-state index < -0.39 is 11.7 Å². The second-order valence-corrected chi connectivity index (χ2v) is 7.40. The zero-order valence-electron chi connectivity index (χ0n) is 15.1. The van der Waals surface area contributed by atoms with Crippen LogP contribution in [0, 0.1) is 0 Å². The molecule has 150 valence electrons. The number of alkyl halides is 3. The first-order chi connectivity index (χ1) is 12.9. The van der Waals surface area contributed by atoms with Crippen LogP contribution in [-0.4, -0.2) is 24.0 Å². The van der Waals surface area contributed by atoms with Crippen molar-refractivity contribution >= 4 is 18.3 Å². The average Bonchev–Trinajstić information content (AvgIpc) is 2.99. The summed E-state index contributed by atoms with van der Waals surface area (Å²) in [4.78, 5) is 12.9. The molecule has 2 fully saturated rings. The topological polar surface area (TPSA) is 41.1 Å². The Morgan fingerprint density at radius 3 is 2.18 bits per heavy atom. The Morgan fingerprint density at radius 2 is 1.57 bits per heavy atom. The molecule has 2 aromatic rings. The lowest BCUT2D eigenvalue weighted by molar-refractivity contribution is -0.137. The molecule has 0 aliphatic carbocycles. The van der Waals surface area contributed by atoms with Crippen molar-refractivity contribution in [2.75, 3.05) is 0 Å². The predicted octanol–water partition coefficient (Wildman–Crippen LogP) is 4.81. The van der Waals surface area contributed by atoms with Crippen molar-refractivity contribution in [3.63, 3.8) is 0 Å². The van der Waals surface area contributed by atoms with Crippen LogP contribution < -0.4 is 10.6 Å². The van der Waals surface area contributed by atoms with E-state index in [4.69, 9.17) is 0 Å². The maximum absolute atomic E-state index is 12.9. The molecule has 0 radical (unpaired) electrons. The first-order valence-corrected chi connectivity index (χ1v) is 9.24. The van der Waals surface area contributed by atoms with Crippen LogP contribution in [0.5, 0.6) is 0 Å². The number of hydrogen-bond acceptors (Lipinski definition) is 2. The van der Waals surface area contributed by atoms with E-state index in [1.165, 1.54) is 12.1 Å². The lowest BCUT2D eigenvalue weighted by Gasteiger charge is -2.30. The quantitative estimate of drug-likeness (QED) is 0.762. The van der Waals surface area contributed by atoms with Crippen molar-refractivity contribution in [2.45, 2.75) is 50.0 Å². The highest BCUT2D eigenvalue weighted by atomic mass is 35.5. The fourth-order valence-corrected chi connectivity index (χ4v) is 4.21. The zero-order valence-corrected chi connectivity index (χ0v) is 15.9. The Balaban J connectivity index is 0.00000225. The third-order valence-electron chi connectivity index (χ3n) is 5.50. The number of fused-ring (bicyclic) bond motifs is 2. The Kier molecular flexibility index (Phi) is 6.01. The number of piperidine rings is 1. The van der Waals surface area contributed by atoms with Gasteiger partial charge in [-0.3, -0.25) is 4.79 Å². The largest absolute Gasteiger partial charge is 0.416 e. The highest BCUT2D eigenvalue weighted by Gasteiger charge is 2.34. The summed E-state index contributed by atoms with van der Waals surface area (Å²) in [6, 6.07) is 13.1. The van der Waals surface area contributed by atoms with Crippen LogP contribution in [0.25, 0.3) is 11.1 Å². The minimum atomic E-state index is -4.37. The van der Waals surface area contributed by atoms with E-state index in [0.29, 0.717) is 28.8 Å². The fraction of sp³-hybridized carbons (Fsp3) is 0.381. The molecular formula is C21H22ClF3N2O. The molecule has 2 bridgehead atoms. The minimum absolute atomic E-state index is 0. The summed E-state index contributed by atoms with van der Waals surface area (Å²) in [5, 5.41) is 6.67. The molecule has 28 heavy (non-hydrogen) atoms. The van der Waals surface area contributed by atoms with Crippen molar-refractivity contribution in [2.24, 2.45) is 0 Å². The lowest BCUT2D eigenvalue weighted by Crippen LogP contribution is -2.48. The van der Waals surface area contributed by atoms with E-state index in [9.17, 15) is 18.0 Å². The van der Waals surface area contributed by atoms with Crippen molar-refractivity contribution in [1.82, 2.24) is 10.6 Å². The number of amides is 1. The van der Waals surface area contributed by atoms with E-state index in [1.807, 2.05) is 0 Å². The molecule has 0 spiro atoms. The van der Waals surface area contributed by atoms with Crippen molar-refractivity contribution in [1.29, 1.82) is 0 Å². The maximum atomic E-state index is 12.9. The monoisotopic (exact) mass is 410 g/mol. The second kappa shape index (κ2) is 8.13. The molecule has 7 heteroatoms. The van der Waals surface area contributed by atoms with Gasteiger partial charge in [0.05, 0.1) is 5.56 Å². The van der Waals surface area contributed by atoms with Crippen LogP contribution in [-0.2, 0) is 6.18 Å². The number of halogens is 4. The van der Waals surface area contributed by atoms with E-state index >= 15 is 0 Å². The second-order valence-electron chi connectivity index (χ2n) is 7.40. The molecule has 3 nitrogen and oxygen atoms in total. The third-order valence-corrected chi connectivity index (χ3v) is 5.50. The van der Waals surface area contributed by atoms with Crippen molar-refractivity contribution in [3.05, 3.63) is 59.7 Å². The summed E-state index contributed by atoms with van der Waals surface area (Å²) >= 11 is 0. The van der Waals surface area contributed by atoms with Gasteiger partial charge in [-0.15, -0.1) is 12.4 Å². The van der Waals surface area contributed by atoms with E-state index in [1.54, 1.807) is 24.3 Å². The summed E-state index contributed by atoms with van der Waals surface area (Å²) in [6.45, 7) is 0.